The van der Waals surface area contributed by atoms with Gasteiger partial charge in [-0.15, -0.1) is 0 Å². The third kappa shape index (κ3) is 30.2. The highest BCUT2D eigenvalue weighted by molar-refractivity contribution is 5.69. The number of hydrogen-bond donors (Lipinski definition) is 1. The van der Waals surface area contributed by atoms with Crippen LogP contribution in [0.3, 0.4) is 0 Å². The molecule has 1 N–H and O–H groups in total. The van der Waals surface area contributed by atoms with E-state index >= 15 is 0 Å². The van der Waals surface area contributed by atoms with Crippen LogP contribution in [0.5, 0.6) is 0 Å². The summed E-state index contributed by atoms with van der Waals surface area (Å²) in [4.78, 5) is 23.2. The molecule has 0 aromatic heterocycles. The van der Waals surface area contributed by atoms with E-state index in [1.54, 1.807) is 0 Å². The number of carbonyl (C=O) groups is 2. The quantitative estimate of drug-likeness (QED) is 0.0591. The van der Waals surface area contributed by atoms with E-state index in [-0.39, 0.29) is 18.5 Å². The van der Waals surface area contributed by atoms with E-state index in [1.807, 2.05) is 0 Å². The summed E-state index contributed by atoms with van der Waals surface area (Å²) >= 11 is 0. The monoisotopic (exact) mass is 556 g/mol. The molecule has 1 atom stereocenters. The van der Waals surface area contributed by atoms with Crippen LogP contribution in [-0.4, -0.2) is 23.1 Å². The largest absolute Gasteiger partial charge is 0.481 e. The lowest BCUT2D eigenvalue weighted by Crippen LogP contribution is -2.18. The van der Waals surface area contributed by atoms with Crippen molar-refractivity contribution >= 4 is 11.9 Å². The molecule has 0 amide bonds. The average molecular weight is 557 g/mol. The maximum atomic E-state index is 12.4. The smallest absolute Gasteiger partial charge is 0.306 e. The minimum absolute atomic E-state index is 0.0740. The third-order valence-corrected chi connectivity index (χ3v) is 6.75. The molecule has 0 saturated carbocycles. The van der Waals surface area contributed by atoms with Crippen molar-refractivity contribution in [2.24, 2.45) is 0 Å². The molecule has 0 heterocycles. The van der Waals surface area contributed by atoms with Crippen LogP contribution in [0.2, 0.25) is 0 Å². The van der Waals surface area contributed by atoms with Crippen molar-refractivity contribution in [2.75, 3.05) is 0 Å². The second kappa shape index (κ2) is 31.2. The zero-order valence-corrected chi connectivity index (χ0v) is 25.9. The van der Waals surface area contributed by atoms with Crippen LogP contribution >= 0.6 is 0 Å². The number of carbonyl (C=O) groups excluding carboxylic acids is 1. The van der Waals surface area contributed by atoms with Crippen molar-refractivity contribution in [1.82, 2.24) is 0 Å². The number of aliphatic carboxylic acids is 1. The standard InChI is InChI=1S/C36H60O4/c1-3-5-7-9-11-13-14-15-16-17-18-19-20-21-23-25-27-33-36(39)40-34(31-28-29-32-35(37)38)30-26-24-22-12-10-8-6-4-2/h5,7,11,13,15-16,18-19,21,23,34H,3-4,6,8-10,12,14,17,20,22,24-33H2,1-2H3,(H,37,38)/b7-5-,13-11-,16-15-,19-18-,23-21-. The molecule has 0 aromatic rings. The van der Waals surface area contributed by atoms with Crippen molar-refractivity contribution in [2.45, 2.75) is 155 Å². The molecule has 40 heavy (non-hydrogen) atoms. The summed E-state index contributed by atoms with van der Waals surface area (Å²) in [5, 5.41) is 8.88. The first-order valence-corrected chi connectivity index (χ1v) is 16.3. The summed E-state index contributed by atoms with van der Waals surface area (Å²) < 4.78 is 5.81. The maximum Gasteiger partial charge on any atom is 0.306 e. The first-order valence-electron chi connectivity index (χ1n) is 16.3. The van der Waals surface area contributed by atoms with Gasteiger partial charge in [0.2, 0.25) is 0 Å². The zero-order chi connectivity index (χ0) is 29.4. The van der Waals surface area contributed by atoms with Crippen molar-refractivity contribution in [3.8, 4) is 0 Å². The number of esters is 1. The molecular weight excluding hydrogens is 496 g/mol. The van der Waals surface area contributed by atoms with Gasteiger partial charge in [-0.25, -0.2) is 0 Å². The molecule has 0 saturated heterocycles. The predicted octanol–water partition coefficient (Wildman–Crippen LogP) is 11.0. The second-order valence-corrected chi connectivity index (χ2v) is 10.6. The first kappa shape index (κ1) is 37.6. The molecular formula is C36H60O4. The minimum Gasteiger partial charge on any atom is -0.481 e. The van der Waals surface area contributed by atoms with Gasteiger partial charge in [0.25, 0.3) is 0 Å². The highest BCUT2D eigenvalue weighted by Gasteiger charge is 2.14. The molecule has 0 radical (unpaired) electrons. The van der Waals surface area contributed by atoms with E-state index in [1.165, 1.54) is 44.9 Å². The highest BCUT2D eigenvalue weighted by Crippen LogP contribution is 2.17. The molecule has 0 aromatic carbocycles. The summed E-state index contributed by atoms with van der Waals surface area (Å²) in [5.41, 5.74) is 0. The van der Waals surface area contributed by atoms with E-state index in [9.17, 15) is 9.59 Å². The Hall–Kier alpha value is -2.36. The third-order valence-electron chi connectivity index (χ3n) is 6.75. The van der Waals surface area contributed by atoms with Crippen LogP contribution in [0.15, 0.2) is 60.8 Å². The molecule has 228 valence electrons. The molecule has 0 aliphatic carbocycles. The van der Waals surface area contributed by atoms with Gasteiger partial charge in [0.15, 0.2) is 0 Å². The zero-order valence-electron chi connectivity index (χ0n) is 25.9. The van der Waals surface area contributed by atoms with E-state index in [0.717, 1.165) is 70.6 Å². The molecule has 0 aliphatic rings. The lowest BCUT2D eigenvalue weighted by Gasteiger charge is -2.18. The van der Waals surface area contributed by atoms with Crippen LogP contribution in [-0.2, 0) is 14.3 Å². The number of hydrogen-bond acceptors (Lipinski definition) is 3. The second-order valence-electron chi connectivity index (χ2n) is 10.6. The van der Waals surface area contributed by atoms with Gasteiger partial charge in [-0.2, -0.15) is 0 Å². The summed E-state index contributed by atoms with van der Waals surface area (Å²) in [6.45, 7) is 4.39. The van der Waals surface area contributed by atoms with Gasteiger partial charge in [0.05, 0.1) is 0 Å². The van der Waals surface area contributed by atoms with Crippen molar-refractivity contribution in [3.63, 3.8) is 0 Å². The van der Waals surface area contributed by atoms with Crippen LogP contribution in [0.4, 0.5) is 0 Å². The molecule has 0 spiro atoms. The number of allylic oxidation sites excluding steroid dienone is 10. The number of ether oxygens (including phenoxy) is 1. The lowest BCUT2D eigenvalue weighted by atomic mass is 10.0. The number of rotatable bonds is 28. The van der Waals surface area contributed by atoms with E-state index in [2.05, 4.69) is 74.6 Å². The number of carboxylic acid groups (broad SMARTS) is 1. The molecule has 4 heteroatoms. The van der Waals surface area contributed by atoms with Crippen molar-refractivity contribution in [1.29, 1.82) is 0 Å². The fourth-order valence-electron chi connectivity index (χ4n) is 4.39. The van der Waals surface area contributed by atoms with Crippen LogP contribution in [0.25, 0.3) is 0 Å². The maximum absolute atomic E-state index is 12.4. The normalized spacial score (nSPS) is 13.1. The fourth-order valence-corrected chi connectivity index (χ4v) is 4.39. The average Bonchev–Trinajstić information content (AvgIpc) is 2.93. The van der Waals surface area contributed by atoms with Gasteiger partial charge in [-0.1, -0.05) is 120 Å². The van der Waals surface area contributed by atoms with Gasteiger partial charge < -0.3 is 9.84 Å². The minimum atomic E-state index is -0.758. The van der Waals surface area contributed by atoms with Crippen LogP contribution < -0.4 is 0 Å². The van der Waals surface area contributed by atoms with Gasteiger partial charge in [-0.3, -0.25) is 9.59 Å². The van der Waals surface area contributed by atoms with Gasteiger partial charge in [-0.05, 0) is 77.0 Å². The Balaban J connectivity index is 4.05. The Bertz CT molecular complexity index is 729. The van der Waals surface area contributed by atoms with Crippen LogP contribution in [0, 0.1) is 0 Å². The van der Waals surface area contributed by atoms with Crippen molar-refractivity contribution in [3.05, 3.63) is 60.8 Å². The number of carboxylic acids is 1. The molecule has 0 rings (SSSR count). The first-order chi connectivity index (χ1) is 19.6. The summed E-state index contributed by atoms with van der Waals surface area (Å²) in [6, 6.07) is 0. The Morgan fingerprint density at radius 2 is 1.05 bits per heavy atom. The van der Waals surface area contributed by atoms with E-state index < -0.39 is 5.97 Å². The fraction of sp³-hybridized carbons (Fsp3) is 0.667. The highest BCUT2D eigenvalue weighted by atomic mass is 16.5. The predicted molar refractivity (Wildman–Crippen MR) is 172 cm³/mol. The van der Waals surface area contributed by atoms with E-state index in [0.29, 0.717) is 12.8 Å². The summed E-state index contributed by atoms with van der Waals surface area (Å²) in [6.07, 6.45) is 42.2. The summed E-state index contributed by atoms with van der Waals surface area (Å²) in [5.74, 6) is -0.873. The Morgan fingerprint density at radius 3 is 1.57 bits per heavy atom. The Kier molecular flexibility index (Phi) is 29.3. The van der Waals surface area contributed by atoms with Crippen molar-refractivity contribution < 1.29 is 19.4 Å². The Labute approximate surface area is 246 Å². The molecule has 4 nitrogen and oxygen atoms in total. The van der Waals surface area contributed by atoms with Gasteiger partial charge >= 0.3 is 11.9 Å². The SMILES string of the molecule is CC/C=C\C/C=C\C/C=C\C/C=C\C/C=C\CCCC(=O)OC(CCCCCCCCCC)CCCCC(=O)O. The summed E-state index contributed by atoms with van der Waals surface area (Å²) in [7, 11) is 0. The van der Waals surface area contributed by atoms with Crippen LogP contribution in [0.1, 0.15) is 149 Å². The lowest BCUT2D eigenvalue weighted by molar-refractivity contribution is -0.150. The molecule has 0 fully saturated rings. The molecule has 0 bridgehead atoms. The van der Waals surface area contributed by atoms with E-state index in [4.69, 9.17) is 9.84 Å². The van der Waals surface area contributed by atoms with Gasteiger partial charge in [0, 0.05) is 12.8 Å². The Morgan fingerprint density at radius 1 is 0.575 bits per heavy atom. The topological polar surface area (TPSA) is 63.6 Å². The molecule has 0 aliphatic heterocycles. The van der Waals surface area contributed by atoms with Gasteiger partial charge in [0.1, 0.15) is 6.10 Å². The number of unbranched alkanes of at least 4 members (excludes halogenated alkanes) is 9. The molecule has 1 unspecified atom stereocenters.